The summed E-state index contributed by atoms with van der Waals surface area (Å²) in [5.74, 6) is 1.23. The molecule has 0 bridgehead atoms. The average Bonchev–Trinajstić information content (AvgIpc) is 2.75. The normalized spacial score (nSPS) is 25.2. The second kappa shape index (κ2) is 3.94. The van der Waals surface area contributed by atoms with Gasteiger partial charge >= 0.3 is 0 Å². The molecule has 1 fully saturated rings. The van der Waals surface area contributed by atoms with E-state index in [-0.39, 0.29) is 0 Å². The molecule has 1 aliphatic carbocycles. The van der Waals surface area contributed by atoms with Gasteiger partial charge in [0.05, 0.1) is 6.04 Å². The van der Waals surface area contributed by atoms with Gasteiger partial charge < -0.3 is 5.73 Å². The lowest BCUT2D eigenvalue weighted by molar-refractivity contribution is 0.275. The molecule has 0 unspecified atom stereocenters. The highest BCUT2D eigenvalue weighted by atomic mass is 15.5. The quantitative estimate of drug-likeness (QED) is 0.806. The third-order valence-electron chi connectivity index (χ3n) is 3.62. The molecule has 2 aromatic heterocycles. The number of nitrogens with zero attached hydrogens (tertiary/aromatic N) is 5. The van der Waals surface area contributed by atoms with Crippen molar-refractivity contribution in [3.63, 3.8) is 0 Å². The molecule has 6 nitrogen and oxygen atoms in total. The van der Waals surface area contributed by atoms with Gasteiger partial charge in [-0.3, -0.25) is 0 Å². The molecule has 3 rings (SSSR count). The number of nitrogens with two attached hydrogens (primary N) is 1. The van der Waals surface area contributed by atoms with Crippen LogP contribution in [0.25, 0.3) is 11.2 Å². The van der Waals surface area contributed by atoms with E-state index in [0.29, 0.717) is 17.4 Å². The van der Waals surface area contributed by atoms with Crippen molar-refractivity contribution in [2.75, 3.05) is 5.73 Å². The Balaban J connectivity index is 1.98. The van der Waals surface area contributed by atoms with Crippen LogP contribution in [0.5, 0.6) is 0 Å². The highest BCUT2D eigenvalue weighted by Gasteiger charge is 2.23. The van der Waals surface area contributed by atoms with E-state index in [1.165, 1.54) is 19.2 Å². The largest absolute Gasteiger partial charge is 0.382 e. The maximum atomic E-state index is 5.75. The molecule has 0 amide bonds. The minimum Gasteiger partial charge on any atom is -0.382 e. The van der Waals surface area contributed by atoms with E-state index in [2.05, 4.69) is 27.2 Å². The Hall–Kier alpha value is -1.72. The molecule has 6 heteroatoms. The summed E-state index contributed by atoms with van der Waals surface area (Å²) in [6.07, 6.45) is 6.25. The SMILES string of the molecule is C[C@H]1CC[C@@H](n2nnc3c(N)ncnc32)CC1. The highest BCUT2D eigenvalue weighted by molar-refractivity contribution is 5.80. The number of rotatable bonds is 1. The third kappa shape index (κ3) is 1.73. The summed E-state index contributed by atoms with van der Waals surface area (Å²) in [5, 5.41) is 8.26. The molecule has 0 aromatic carbocycles. The summed E-state index contributed by atoms with van der Waals surface area (Å²) in [5.41, 5.74) is 7.13. The maximum Gasteiger partial charge on any atom is 0.184 e. The van der Waals surface area contributed by atoms with Gasteiger partial charge in [0, 0.05) is 0 Å². The van der Waals surface area contributed by atoms with E-state index in [0.717, 1.165) is 24.4 Å². The van der Waals surface area contributed by atoms with Crippen LogP contribution < -0.4 is 5.73 Å². The summed E-state index contributed by atoms with van der Waals surface area (Å²) in [6.45, 7) is 2.30. The van der Waals surface area contributed by atoms with Crippen LogP contribution in [-0.4, -0.2) is 25.0 Å². The summed E-state index contributed by atoms with van der Waals surface area (Å²) in [6, 6.07) is 0.408. The van der Waals surface area contributed by atoms with Crippen LogP contribution in [0, 0.1) is 5.92 Å². The van der Waals surface area contributed by atoms with Crippen LogP contribution in [-0.2, 0) is 0 Å². The first-order valence-corrected chi connectivity index (χ1v) is 6.07. The summed E-state index contributed by atoms with van der Waals surface area (Å²) in [4.78, 5) is 8.17. The fourth-order valence-electron chi connectivity index (χ4n) is 2.51. The van der Waals surface area contributed by atoms with Crippen molar-refractivity contribution in [2.24, 2.45) is 5.92 Å². The zero-order valence-electron chi connectivity index (χ0n) is 9.87. The van der Waals surface area contributed by atoms with Crippen LogP contribution in [0.3, 0.4) is 0 Å². The summed E-state index contributed by atoms with van der Waals surface area (Å²) >= 11 is 0. The van der Waals surface area contributed by atoms with Gasteiger partial charge in [-0.25, -0.2) is 14.6 Å². The van der Waals surface area contributed by atoms with Crippen LogP contribution in [0.15, 0.2) is 6.33 Å². The fourth-order valence-corrected chi connectivity index (χ4v) is 2.51. The highest BCUT2D eigenvalue weighted by Crippen LogP contribution is 2.32. The molecule has 2 aromatic rings. The Labute approximate surface area is 99.2 Å². The van der Waals surface area contributed by atoms with Crippen molar-refractivity contribution in [1.82, 2.24) is 25.0 Å². The predicted molar refractivity (Wildman–Crippen MR) is 64.2 cm³/mol. The molecule has 0 aliphatic heterocycles. The van der Waals surface area contributed by atoms with E-state index in [1.807, 2.05) is 4.68 Å². The maximum absolute atomic E-state index is 5.75. The standard InChI is InChI=1S/C11H16N6/c1-7-2-4-8(5-3-7)17-11-9(15-16-17)10(12)13-6-14-11/h6-8H,2-5H2,1H3,(H2,12,13,14)/t7-,8+. The van der Waals surface area contributed by atoms with E-state index >= 15 is 0 Å². The van der Waals surface area contributed by atoms with E-state index in [9.17, 15) is 0 Å². The van der Waals surface area contributed by atoms with Crippen LogP contribution >= 0.6 is 0 Å². The molecule has 0 spiro atoms. The van der Waals surface area contributed by atoms with Crippen molar-refractivity contribution in [3.8, 4) is 0 Å². The van der Waals surface area contributed by atoms with E-state index in [1.54, 1.807) is 0 Å². The van der Waals surface area contributed by atoms with Crippen molar-refractivity contribution in [3.05, 3.63) is 6.33 Å². The van der Waals surface area contributed by atoms with Crippen molar-refractivity contribution in [2.45, 2.75) is 38.6 Å². The Bertz CT molecular complexity index is 526. The van der Waals surface area contributed by atoms with Gasteiger partial charge in [0.1, 0.15) is 6.33 Å². The molecule has 0 radical (unpaired) electrons. The number of hydrogen-bond acceptors (Lipinski definition) is 5. The van der Waals surface area contributed by atoms with Gasteiger partial charge in [0.15, 0.2) is 17.0 Å². The zero-order valence-corrected chi connectivity index (χ0v) is 9.87. The molecule has 2 N–H and O–H groups in total. The number of fused-ring (bicyclic) bond motifs is 1. The Kier molecular flexibility index (Phi) is 2.42. The molecule has 2 heterocycles. The minimum absolute atomic E-state index is 0.408. The molecule has 0 atom stereocenters. The number of anilines is 1. The predicted octanol–water partition coefficient (Wildman–Crippen LogP) is 1.55. The van der Waals surface area contributed by atoms with Crippen molar-refractivity contribution < 1.29 is 0 Å². The van der Waals surface area contributed by atoms with E-state index < -0.39 is 0 Å². The first-order valence-electron chi connectivity index (χ1n) is 6.07. The smallest absolute Gasteiger partial charge is 0.184 e. The van der Waals surface area contributed by atoms with Gasteiger partial charge in [0.25, 0.3) is 0 Å². The van der Waals surface area contributed by atoms with Gasteiger partial charge in [-0.2, -0.15) is 0 Å². The third-order valence-corrected chi connectivity index (χ3v) is 3.62. The number of aromatic nitrogens is 5. The molecule has 17 heavy (non-hydrogen) atoms. The molecule has 1 saturated carbocycles. The van der Waals surface area contributed by atoms with Crippen molar-refractivity contribution >= 4 is 17.0 Å². The lowest BCUT2D eigenvalue weighted by Gasteiger charge is -2.25. The molecule has 0 saturated heterocycles. The van der Waals surface area contributed by atoms with Crippen LogP contribution in [0.4, 0.5) is 5.82 Å². The van der Waals surface area contributed by atoms with E-state index in [4.69, 9.17) is 5.73 Å². The Morgan fingerprint density at radius 1 is 1.24 bits per heavy atom. The summed E-state index contributed by atoms with van der Waals surface area (Å²) in [7, 11) is 0. The molecular weight excluding hydrogens is 216 g/mol. The number of nitrogen functional groups attached to an aromatic ring is 1. The molecular formula is C11H16N6. The van der Waals surface area contributed by atoms with Crippen molar-refractivity contribution in [1.29, 1.82) is 0 Å². The zero-order chi connectivity index (χ0) is 11.8. The van der Waals surface area contributed by atoms with Gasteiger partial charge in [-0.05, 0) is 31.6 Å². The average molecular weight is 232 g/mol. The molecule has 1 aliphatic rings. The summed E-state index contributed by atoms with van der Waals surface area (Å²) < 4.78 is 1.92. The minimum atomic E-state index is 0.408. The number of hydrogen-bond donors (Lipinski definition) is 1. The monoisotopic (exact) mass is 232 g/mol. The van der Waals surface area contributed by atoms with Gasteiger partial charge in [-0.1, -0.05) is 12.1 Å². The van der Waals surface area contributed by atoms with Crippen LogP contribution in [0.2, 0.25) is 0 Å². The second-order valence-electron chi connectivity index (χ2n) is 4.88. The Morgan fingerprint density at radius 3 is 2.76 bits per heavy atom. The van der Waals surface area contributed by atoms with Gasteiger partial charge in [0.2, 0.25) is 0 Å². The first-order chi connectivity index (χ1) is 8.25. The lowest BCUT2D eigenvalue weighted by Crippen LogP contribution is -2.18. The first kappa shape index (κ1) is 10.4. The fraction of sp³-hybridized carbons (Fsp3) is 0.636. The molecule has 90 valence electrons. The lowest BCUT2D eigenvalue weighted by atomic mass is 9.87. The Morgan fingerprint density at radius 2 is 2.00 bits per heavy atom. The second-order valence-corrected chi connectivity index (χ2v) is 4.88. The topological polar surface area (TPSA) is 82.5 Å². The van der Waals surface area contributed by atoms with Gasteiger partial charge in [-0.15, -0.1) is 5.10 Å². The van der Waals surface area contributed by atoms with Crippen LogP contribution in [0.1, 0.15) is 38.6 Å².